The first-order chi connectivity index (χ1) is 13.5. The van der Waals surface area contributed by atoms with Crippen LogP contribution < -0.4 is 20.1 Å². The molecule has 0 spiro atoms. The van der Waals surface area contributed by atoms with Crippen LogP contribution in [0.3, 0.4) is 0 Å². The van der Waals surface area contributed by atoms with Gasteiger partial charge in [0.25, 0.3) is 0 Å². The van der Waals surface area contributed by atoms with Crippen LogP contribution in [0.2, 0.25) is 0 Å². The van der Waals surface area contributed by atoms with Crippen molar-refractivity contribution in [3.05, 3.63) is 48.5 Å². The lowest BCUT2D eigenvalue weighted by atomic mass is 10.3. The number of hydrogen-bond donors (Lipinski definition) is 2. The lowest BCUT2D eigenvalue weighted by Gasteiger charge is -2.13. The van der Waals surface area contributed by atoms with E-state index in [1.807, 2.05) is 13.8 Å². The maximum atomic E-state index is 12.3. The summed E-state index contributed by atoms with van der Waals surface area (Å²) in [6.45, 7) is 6.80. The molecule has 0 radical (unpaired) electrons. The first kappa shape index (κ1) is 21.6. The van der Waals surface area contributed by atoms with Gasteiger partial charge in [-0.05, 0) is 69.3 Å². The first-order valence-electron chi connectivity index (χ1n) is 9.19. The molecular weight excluding hydrogens is 376 g/mol. The van der Waals surface area contributed by atoms with Crippen molar-refractivity contribution >= 4 is 35.0 Å². The molecule has 0 fully saturated rings. The van der Waals surface area contributed by atoms with Crippen LogP contribution >= 0.6 is 11.8 Å². The van der Waals surface area contributed by atoms with E-state index in [0.29, 0.717) is 24.6 Å². The van der Waals surface area contributed by atoms with Crippen molar-refractivity contribution in [2.75, 3.05) is 29.6 Å². The van der Waals surface area contributed by atoms with Crippen LogP contribution in [0.5, 0.6) is 11.5 Å². The van der Waals surface area contributed by atoms with Gasteiger partial charge in [0.15, 0.2) is 0 Å². The van der Waals surface area contributed by atoms with E-state index in [1.165, 1.54) is 11.8 Å². The second-order valence-electron chi connectivity index (χ2n) is 5.91. The molecule has 0 unspecified atom stereocenters. The Labute approximate surface area is 170 Å². The first-order valence-corrected chi connectivity index (χ1v) is 10.2. The van der Waals surface area contributed by atoms with E-state index in [1.54, 1.807) is 55.5 Å². The topological polar surface area (TPSA) is 76.7 Å². The van der Waals surface area contributed by atoms with E-state index in [2.05, 4.69) is 10.6 Å². The summed E-state index contributed by atoms with van der Waals surface area (Å²) in [5, 5.41) is 5.29. The fourth-order valence-electron chi connectivity index (χ4n) is 2.32. The van der Waals surface area contributed by atoms with E-state index >= 15 is 0 Å². The summed E-state index contributed by atoms with van der Waals surface area (Å²) in [4.78, 5) is 24.4. The quantitative estimate of drug-likeness (QED) is 0.623. The molecule has 0 heterocycles. The number of thioether (sulfide) groups is 1. The zero-order valence-corrected chi connectivity index (χ0v) is 17.2. The van der Waals surface area contributed by atoms with Crippen molar-refractivity contribution in [3.8, 4) is 11.5 Å². The van der Waals surface area contributed by atoms with Crippen molar-refractivity contribution in [1.82, 2.24) is 0 Å². The molecule has 7 heteroatoms. The maximum absolute atomic E-state index is 12.3. The Balaban J connectivity index is 1.76. The molecule has 0 aliphatic rings. The van der Waals surface area contributed by atoms with Crippen molar-refractivity contribution in [1.29, 1.82) is 0 Å². The van der Waals surface area contributed by atoms with Crippen LogP contribution in [0.1, 0.15) is 20.8 Å². The largest absolute Gasteiger partial charge is 0.494 e. The van der Waals surface area contributed by atoms with Crippen molar-refractivity contribution < 1.29 is 19.1 Å². The summed E-state index contributed by atoms with van der Waals surface area (Å²) in [6, 6.07) is 14.4. The lowest BCUT2D eigenvalue weighted by molar-refractivity contribution is -0.115. The third-order valence-corrected chi connectivity index (χ3v) is 4.86. The van der Waals surface area contributed by atoms with Gasteiger partial charge in [0, 0.05) is 11.4 Å². The van der Waals surface area contributed by atoms with Crippen molar-refractivity contribution in [2.45, 2.75) is 26.0 Å². The zero-order valence-electron chi connectivity index (χ0n) is 16.4. The van der Waals surface area contributed by atoms with Gasteiger partial charge in [-0.2, -0.15) is 0 Å². The third-order valence-electron chi connectivity index (χ3n) is 3.72. The number of hydrogen-bond acceptors (Lipinski definition) is 5. The van der Waals surface area contributed by atoms with E-state index in [-0.39, 0.29) is 22.8 Å². The fourth-order valence-corrected chi connectivity index (χ4v) is 3.00. The van der Waals surface area contributed by atoms with Gasteiger partial charge < -0.3 is 20.1 Å². The second-order valence-corrected chi connectivity index (χ2v) is 7.23. The fraction of sp³-hybridized carbons (Fsp3) is 0.333. The van der Waals surface area contributed by atoms with Crippen molar-refractivity contribution in [3.63, 3.8) is 0 Å². The highest BCUT2D eigenvalue weighted by Crippen LogP contribution is 2.19. The standard InChI is InChI=1S/C21H26N2O4S/c1-4-26-18-10-6-16(7-11-18)22-20(24)14-28-15(3)21(25)23-17-8-12-19(13-9-17)27-5-2/h6-13,15H,4-5,14H2,1-3H3,(H,22,24)(H,23,25)/t15-/m0/s1. The predicted molar refractivity (Wildman–Crippen MR) is 114 cm³/mol. The molecule has 0 bridgehead atoms. The van der Waals surface area contributed by atoms with Gasteiger partial charge in [0.1, 0.15) is 11.5 Å². The van der Waals surface area contributed by atoms with Gasteiger partial charge >= 0.3 is 0 Å². The molecule has 2 N–H and O–H groups in total. The Hall–Kier alpha value is -2.67. The Kier molecular flexibility index (Phi) is 8.68. The van der Waals surface area contributed by atoms with Crippen LogP contribution in [-0.4, -0.2) is 36.0 Å². The minimum atomic E-state index is -0.363. The van der Waals surface area contributed by atoms with Gasteiger partial charge in [0.05, 0.1) is 24.2 Å². The molecule has 2 aromatic carbocycles. The van der Waals surface area contributed by atoms with Gasteiger partial charge in [-0.1, -0.05) is 0 Å². The van der Waals surface area contributed by atoms with Crippen LogP contribution in [0.25, 0.3) is 0 Å². The number of rotatable bonds is 10. The van der Waals surface area contributed by atoms with E-state index in [4.69, 9.17) is 9.47 Å². The number of anilines is 2. The average Bonchev–Trinajstić information content (AvgIpc) is 2.69. The summed E-state index contributed by atoms with van der Waals surface area (Å²) in [7, 11) is 0. The highest BCUT2D eigenvalue weighted by atomic mass is 32.2. The number of carbonyl (C=O) groups is 2. The van der Waals surface area contributed by atoms with Gasteiger partial charge in [-0.15, -0.1) is 11.8 Å². The third kappa shape index (κ3) is 7.15. The number of benzene rings is 2. The van der Waals surface area contributed by atoms with Crippen LogP contribution in [0.15, 0.2) is 48.5 Å². The second kappa shape index (κ2) is 11.2. The number of nitrogens with one attached hydrogen (secondary N) is 2. The molecule has 0 aromatic heterocycles. The van der Waals surface area contributed by atoms with E-state index < -0.39 is 0 Å². The molecule has 0 aliphatic heterocycles. The Bertz CT molecular complexity index is 763. The Morgan fingerprint density at radius 3 is 1.79 bits per heavy atom. The van der Waals surface area contributed by atoms with E-state index in [9.17, 15) is 9.59 Å². The minimum absolute atomic E-state index is 0.150. The normalized spacial score (nSPS) is 11.4. The smallest absolute Gasteiger partial charge is 0.237 e. The zero-order chi connectivity index (χ0) is 20.4. The summed E-state index contributed by atoms with van der Waals surface area (Å²) in [5.41, 5.74) is 1.39. The molecule has 1 atom stereocenters. The highest BCUT2D eigenvalue weighted by molar-refractivity contribution is 8.01. The molecule has 150 valence electrons. The number of ether oxygens (including phenoxy) is 2. The molecule has 0 saturated heterocycles. The predicted octanol–water partition coefficient (Wildman–Crippen LogP) is 4.18. The Morgan fingerprint density at radius 1 is 0.857 bits per heavy atom. The highest BCUT2D eigenvalue weighted by Gasteiger charge is 2.15. The summed E-state index contributed by atoms with van der Waals surface area (Å²) >= 11 is 1.28. The van der Waals surface area contributed by atoms with Gasteiger partial charge in [0.2, 0.25) is 11.8 Å². The van der Waals surface area contributed by atoms with Gasteiger partial charge in [-0.3, -0.25) is 9.59 Å². The molecule has 0 saturated carbocycles. The monoisotopic (exact) mass is 402 g/mol. The molecule has 6 nitrogen and oxygen atoms in total. The average molecular weight is 403 g/mol. The van der Waals surface area contributed by atoms with Crippen molar-refractivity contribution in [2.24, 2.45) is 0 Å². The van der Waals surface area contributed by atoms with Crippen LogP contribution in [0.4, 0.5) is 11.4 Å². The number of carbonyl (C=O) groups excluding carboxylic acids is 2. The van der Waals surface area contributed by atoms with Crippen LogP contribution in [0, 0.1) is 0 Å². The molecule has 2 rings (SSSR count). The summed E-state index contributed by atoms with van der Waals surface area (Å²) in [6.07, 6.45) is 0. The summed E-state index contributed by atoms with van der Waals surface area (Å²) < 4.78 is 10.7. The lowest BCUT2D eigenvalue weighted by Crippen LogP contribution is -2.25. The van der Waals surface area contributed by atoms with E-state index in [0.717, 1.165) is 11.5 Å². The molecular formula is C21H26N2O4S. The Morgan fingerprint density at radius 2 is 1.32 bits per heavy atom. The molecule has 0 aliphatic carbocycles. The maximum Gasteiger partial charge on any atom is 0.237 e. The van der Waals surface area contributed by atoms with Gasteiger partial charge in [-0.25, -0.2) is 0 Å². The SMILES string of the molecule is CCOc1ccc(NC(=O)CS[C@@H](C)C(=O)Nc2ccc(OCC)cc2)cc1. The number of amides is 2. The molecule has 2 amide bonds. The molecule has 28 heavy (non-hydrogen) atoms. The summed E-state index contributed by atoms with van der Waals surface area (Å²) in [5.74, 6) is 1.40. The van der Waals surface area contributed by atoms with Crippen LogP contribution in [-0.2, 0) is 9.59 Å². The minimum Gasteiger partial charge on any atom is -0.494 e. The molecule has 2 aromatic rings.